The number of hydrogen-bond acceptors (Lipinski definition) is 2. The maximum atomic E-state index is 4.90. The van der Waals surface area contributed by atoms with Crippen LogP contribution in [0.1, 0.15) is 5.56 Å². The van der Waals surface area contributed by atoms with Crippen LogP contribution in [0.2, 0.25) is 13.1 Å². The Morgan fingerprint density at radius 3 is 1.05 bits per heavy atom. The van der Waals surface area contributed by atoms with Gasteiger partial charge in [0, 0.05) is 11.1 Å². The lowest BCUT2D eigenvalue weighted by Crippen LogP contribution is -2.56. The van der Waals surface area contributed by atoms with Crippen LogP contribution in [0, 0.1) is 6.92 Å². The highest BCUT2D eigenvalue weighted by Crippen LogP contribution is 2.56. The minimum Gasteiger partial charge on any atom is -0.250 e. The fourth-order valence-corrected chi connectivity index (χ4v) is 14.6. The Balaban J connectivity index is 1.32. The van der Waals surface area contributed by atoms with E-state index >= 15 is 0 Å². The summed E-state index contributed by atoms with van der Waals surface area (Å²) < 4.78 is 0. The van der Waals surface area contributed by atoms with Gasteiger partial charge in [0.25, 0.3) is 0 Å². The first-order chi connectivity index (χ1) is 29.0. The summed E-state index contributed by atoms with van der Waals surface area (Å²) in [6.07, 6.45) is 1.94. The molecule has 0 fully saturated rings. The normalized spacial score (nSPS) is 12.7. The first kappa shape index (κ1) is 36.8. The summed E-state index contributed by atoms with van der Waals surface area (Å²) in [5.41, 5.74) is 18.3. The van der Waals surface area contributed by atoms with Gasteiger partial charge < -0.3 is 0 Å². The fraction of sp³-hybridized carbons (Fsp3) is 0.0536. The molecule has 282 valence electrons. The predicted molar refractivity (Wildman–Crippen MR) is 254 cm³/mol. The quantitative estimate of drug-likeness (QED) is 0.149. The fourth-order valence-electron chi connectivity index (χ4n) is 9.14. The van der Waals surface area contributed by atoms with Gasteiger partial charge in [-0.25, -0.2) is 4.98 Å². The summed E-state index contributed by atoms with van der Waals surface area (Å²) in [6, 6.07) is 73.6. The summed E-state index contributed by atoms with van der Waals surface area (Å²) in [5, 5.41) is 4.06. The number of pyridine rings is 1. The molecule has 0 aliphatic carbocycles. The van der Waals surface area contributed by atoms with E-state index in [9.17, 15) is 0 Å². The van der Waals surface area contributed by atoms with Crippen molar-refractivity contribution in [3.05, 3.63) is 212 Å². The lowest BCUT2D eigenvalue weighted by atomic mass is 9.74. The number of rotatable bonds is 7. The summed E-state index contributed by atoms with van der Waals surface area (Å²) in [5.74, 6) is 0. The Hall–Kier alpha value is -6.52. The molecule has 2 heterocycles. The Labute approximate surface area is 353 Å². The summed E-state index contributed by atoms with van der Waals surface area (Å²) in [6.45, 7) is 7.20. The van der Waals surface area contributed by atoms with Gasteiger partial charge in [0.15, 0.2) is 0 Å². The molecular weight excluding hydrogens is 747 g/mol. The first-order valence-electron chi connectivity index (χ1n) is 20.4. The molecule has 0 N–H and O–H groups in total. The van der Waals surface area contributed by atoms with Crippen LogP contribution in [0.5, 0.6) is 0 Å². The van der Waals surface area contributed by atoms with E-state index in [2.05, 4.69) is 220 Å². The summed E-state index contributed by atoms with van der Waals surface area (Å²) >= 11 is 1.84. The Kier molecular flexibility index (Phi) is 9.56. The van der Waals surface area contributed by atoms with Gasteiger partial charge in [0.2, 0.25) is 0 Å². The zero-order valence-electron chi connectivity index (χ0n) is 33.5. The molecule has 1 aliphatic heterocycles. The van der Waals surface area contributed by atoms with Crippen LogP contribution in [-0.2, 0) is 0 Å². The second-order valence-corrected chi connectivity index (χ2v) is 21.2. The van der Waals surface area contributed by atoms with Crippen molar-refractivity contribution in [3.63, 3.8) is 0 Å². The average molecular weight is 790 g/mol. The van der Waals surface area contributed by atoms with Crippen LogP contribution in [0.3, 0.4) is 0 Å². The molecule has 1 aliphatic rings. The molecule has 0 saturated carbocycles. The van der Waals surface area contributed by atoms with Gasteiger partial charge in [-0.1, -0.05) is 219 Å². The van der Waals surface area contributed by atoms with E-state index in [1.807, 2.05) is 18.0 Å². The maximum absolute atomic E-state index is 4.90. The van der Waals surface area contributed by atoms with Crippen LogP contribution < -0.4 is 10.4 Å². The molecule has 8 aromatic carbocycles. The minimum absolute atomic E-state index is 1.15. The zero-order valence-corrected chi connectivity index (χ0v) is 35.3. The van der Waals surface area contributed by atoms with Crippen LogP contribution in [0.25, 0.3) is 77.9 Å². The van der Waals surface area contributed by atoms with Gasteiger partial charge in [0.05, 0.1) is 0 Å². The van der Waals surface area contributed by atoms with Crippen LogP contribution in [0.15, 0.2) is 216 Å². The van der Waals surface area contributed by atoms with Gasteiger partial charge in [-0.2, -0.15) is 0 Å². The molecule has 0 atom stereocenters. The number of aromatic nitrogens is 1. The van der Waals surface area contributed by atoms with E-state index in [0.29, 0.717) is 0 Å². The highest BCUT2D eigenvalue weighted by Gasteiger charge is 2.37. The van der Waals surface area contributed by atoms with Crippen molar-refractivity contribution in [1.29, 1.82) is 0 Å². The van der Waals surface area contributed by atoms with Crippen molar-refractivity contribution in [3.8, 4) is 77.9 Å². The predicted octanol–water partition coefficient (Wildman–Crippen LogP) is 14.3. The van der Waals surface area contributed by atoms with Gasteiger partial charge in [-0.3, -0.25) is 0 Å². The number of benzene rings is 8. The van der Waals surface area contributed by atoms with Gasteiger partial charge >= 0.3 is 0 Å². The van der Waals surface area contributed by atoms with E-state index in [4.69, 9.17) is 4.98 Å². The maximum Gasteiger partial charge on any atom is 0.117 e. The van der Waals surface area contributed by atoms with E-state index < -0.39 is 8.07 Å². The lowest BCUT2D eigenvalue weighted by molar-refractivity contribution is 1.15. The largest absolute Gasteiger partial charge is 0.250 e. The lowest BCUT2D eigenvalue weighted by Gasteiger charge is -2.33. The third kappa shape index (κ3) is 6.48. The smallest absolute Gasteiger partial charge is 0.117 e. The molecule has 0 bridgehead atoms. The van der Waals surface area contributed by atoms with E-state index in [-0.39, 0.29) is 0 Å². The van der Waals surface area contributed by atoms with Crippen molar-refractivity contribution in [2.24, 2.45) is 0 Å². The number of fused-ring (bicyclic) bond motifs is 2. The Bertz CT molecular complexity index is 2840. The highest BCUT2D eigenvalue weighted by atomic mass is 32.2. The summed E-state index contributed by atoms with van der Waals surface area (Å²) in [4.78, 5) is 6.26. The van der Waals surface area contributed by atoms with Gasteiger partial charge in [0.1, 0.15) is 13.1 Å². The van der Waals surface area contributed by atoms with E-state index in [1.165, 1.54) is 98.7 Å². The van der Waals surface area contributed by atoms with Crippen LogP contribution in [-0.4, -0.2) is 13.1 Å². The molecule has 10 rings (SSSR count). The van der Waals surface area contributed by atoms with Crippen molar-refractivity contribution in [1.82, 2.24) is 4.98 Å². The molecular formula is C56H43NSSi. The minimum atomic E-state index is -1.97. The van der Waals surface area contributed by atoms with Gasteiger partial charge in [-0.15, -0.1) is 0 Å². The molecule has 0 amide bonds. The van der Waals surface area contributed by atoms with Gasteiger partial charge in [-0.05, 0) is 107 Å². The Morgan fingerprint density at radius 1 is 0.339 bits per heavy atom. The number of nitrogens with zero attached hydrogens (tertiary/aromatic N) is 1. The number of hydrogen-bond donors (Lipinski definition) is 0. The molecule has 1 aromatic heterocycles. The second kappa shape index (κ2) is 15.3. The topological polar surface area (TPSA) is 12.9 Å². The highest BCUT2D eigenvalue weighted by molar-refractivity contribution is 8.00. The molecule has 0 saturated heterocycles. The third-order valence-corrected chi connectivity index (χ3v) is 17.0. The van der Waals surface area contributed by atoms with Crippen molar-refractivity contribution in [2.45, 2.75) is 29.9 Å². The summed E-state index contributed by atoms with van der Waals surface area (Å²) in [7, 11) is -1.97. The molecule has 1 nitrogen and oxygen atoms in total. The van der Waals surface area contributed by atoms with Crippen LogP contribution in [0.4, 0.5) is 0 Å². The van der Waals surface area contributed by atoms with E-state index in [0.717, 1.165) is 5.03 Å². The second-order valence-electron chi connectivity index (χ2n) is 15.9. The molecule has 0 radical (unpaired) electrons. The monoisotopic (exact) mass is 789 g/mol. The van der Waals surface area contributed by atoms with Crippen LogP contribution >= 0.6 is 11.8 Å². The van der Waals surface area contributed by atoms with Crippen molar-refractivity contribution in [2.75, 3.05) is 0 Å². The third-order valence-electron chi connectivity index (χ3n) is 12.0. The zero-order chi connectivity index (χ0) is 39.9. The molecule has 59 heavy (non-hydrogen) atoms. The Morgan fingerprint density at radius 2 is 0.678 bits per heavy atom. The molecule has 0 unspecified atom stereocenters. The first-order valence-corrected chi connectivity index (χ1v) is 24.2. The van der Waals surface area contributed by atoms with Crippen molar-refractivity contribution < 1.29 is 0 Å². The number of aryl methyl sites for hydroxylation is 1. The molecule has 0 spiro atoms. The molecule has 9 aromatic rings. The standard InChI is InChI=1S/C56H43NSSi/c1-38-31-36-46-55(58-56-47(59(46,2)3)30-19-37-57-56)48(38)44-32-34-45(35-33-44)54-52(42-26-15-7-16-27-42)50(40-22-11-5-12-23-40)49(39-20-9-4-10-21-39)51(41-24-13-6-14-25-41)53(54)43-28-17-8-18-29-43/h4-37H,1-3H3. The molecule has 3 heteroatoms. The van der Waals surface area contributed by atoms with Crippen molar-refractivity contribution >= 4 is 30.2 Å². The SMILES string of the molecule is Cc1ccc2c(c1-c1ccc(-c3c(-c4ccccc4)c(-c4ccccc4)c(-c4ccccc4)c(-c4ccccc4)c3-c3ccccc3)cc1)Sc1ncccc1[Si]2(C)C. The van der Waals surface area contributed by atoms with E-state index in [1.54, 1.807) is 0 Å². The average Bonchev–Trinajstić information content (AvgIpc) is 3.29.